The van der Waals surface area contributed by atoms with E-state index < -0.39 is 0 Å². The SMILES string of the molecule is CCNC(Cc1ccc(CC)s1)Cc1ccc(F)cc1Cl. The van der Waals surface area contributed by atoms with Gasteiger partial charge in [-0.1, -0.05) is 31.5 Å². The predicted octanol–water partition coefficient (Wildman–Crippen LogP) is 4.87. The van der Waals surface area contributed by atoms with Crippen LogP contribution in [0, 0.1) is 5.82 Å². The largest absolute Gasteiger partial charge is 0.314 e. The molecule has 1 atom stereocenters. The third-order valence-electron chi connectivity index (χ3n) is 3.49. The Morgan fingerprint density at radius 3 is 2.52 bits per heavy atom. The number of rotatable bonds is 7. The lowest BCUT2D eigenvalue weighted by Gasteiger charge is -2.18. The molecule has 1 heterocycles. The summed E-state index contributed by atoms with van der Waals surface area (Å²) in [5, 5.41) is 4.02. The number of nitrogens with one attached hydrogen (secondary N) is 1. The lowest BCUT2D eigenvalue weighted by molar-refractivity contribution is 0.524. The van der Waals surface area contributed by atoms with Gasteiger partial charge < -0.3 is 5.32 Å². The summed E-state index contributed by atoms with van der Waals surface area (Å²) in [5.74, 6) is -0.283. The highest BCUT2D eigenvalue weighted by Gasteiger charge is 2.13. The molecule has 0 aliphatic carbocycles. The third kappa shape index (κ3) is 4.80. The van der Waals surface area contributed by atoms with Crippen LogP contribution in [0.5, 0.6) is 0 Å². The summed E-state index contributed by atoms with van der Waals surface area (Å²) >= 11 is 8.01. The van der Waals surface area contributed by atoms with Crippen molar-refractivity contribution in [2.24, 2.45) is 0 Å². The van der Waals surface area contributed by atoms with Gasteiger partial charge in [0.15, 0.2) is 0 Å². The molecule has 1 aromatic carbocycles. The molecular formula is C17H21ClFNS. The van der Waals surface area contributed by atoms with Gasteiger partial charge >= 0.3 is 0 Å². The molecule has 1 aromatic heterocycles. The van der Waals surface area contributed by atoms with E-state index in [1.54, 1.807) is 6.07 Å². The minimum atomic E-state index is -0.283. The van der Waals surface area contributed by atoms with E-state index in [4.69, 9.17) is 11.6 Å². The van der Waals surface area contributed by atoms with E-state index in [9.17, 15) is 4.39 Å². The predicted molar refractivity (Wildman–Crippen MR) is 90.0 cm³/mol. The molecule has 0 saturated carbocycles. The lowest BCUT2D eigenvalue weighted by atomic mass is 10.0. The highest BCUT2D eigenvalue weighted by molar-refractivity contribution is 7.11. The number of benzene rings is 1. The van der Waals surface area contributed by atoms with E-state index in [2.05, 4.69) is 31.3 Å². The number of hydrogen-bond acceptors (Lipinski definition) is 2. The van der Waals surface area contributed by atoms with E-state index >= 15 is 0 Å². The highest BCUT2D eigenvalue weighted by atomic mass is 35.5. The van der Waals surface area contributed by atoms with Crippen molar-refractivity contribution in [3.05, 3.63) is 56.5 Å². The zero-order valence-corrected chi connectivity index (χ0v) is 14.0. The quantitative estimate of drug-likeness (QED) is 0.766. The molecule has 0 spiro atoms. The fourth-order valence-corrected chi connectivity index (χ4v) is 3.70. The molecule has 114 valence electrons. The van der Waals surface area contributed by atoms with Gasteiger partial charge in [-0.3, -0.25) is 0 Å². The molecule has 1 unspecified atom stereocenters. The summed E-state index contributed by atoms with van der Waals surface area (Å²) in [6.45, 7) is 5.19. The van der Waals surface area contributed by atoms with Crippen molar-refractivity contribution in [3.8, 4) is 0 Å². The first kappa shape index (κ1) is 16.5. The first-order valence-corrected chi connectivity index (χ1v) is 8.56. The Kier molecular flexibility index (Phi) is 6.22. The second-order valence-corrected chi connectivity index (χ2v) is 6.78. The molecule has 0 aliphatic heterocycles. The zero-order valence-electron chi connectivity index (χ0n) is 12.5. The van der Waals surface area contributed by atoms with Crippen molar-refractivity contribution in [2.45, 2.75) is 39.2 Å². The van der Waals surface area contributed by atoms with Crippen LogP contribution in [0.3, 0.4) is 0 Å². The van der Waals surface area contributed by atoms with Gasteiger partial charge in [0.1, 0.15) is 5.82 Å². The summed E-state index contributed by atoms with van der Waals surface area (Å²) < 4.78 is 13.1. The molecule has 2 aromatic rings. The summed E-state index contributed by atoms with van der Waals surface area (Å²) in [6, 6.07) is 9.38. The molecule has 2 rings (SSSR count). The van der Waals surface area contributed by atoms with Crippen LogP contribution in [-0.2, 0) is 19.3 Å². The molecule has 21 heavy (non-hydrogen) atoms. The highest BCUT2D eigenvalue weighted by Crippen LogP contribution is 2.22. The molecular weight excluding hydrogens is 305 g/mol. The second-order valence-electron chi connectivity index (χ2n) is 5.12. The van der Waals surface area contributed by atoms with Gasteiger partial charge in [-0.25, -0.2) is 4.39 Å². The second kappa shape index (κ2) is 7.92. The fraction of sp³-hybridized carbons (Fsp3) is 0.412. The van der Waals surface area contributed by atoms with Gasteiger partial charge in [0.25, 0.3) is 0 Å². The average Bonchev–Trinajstić information content (AvgIpc) is 2.90. The van der Waals surface area contributed by atoms with Gasteiger partial charge in [0, 0.05) is 20.8 Å². The molecule has 4 heteroatoms. The van der Waals surface area contributed by atoms with E-state index in [0.717, 1.165) is 31.4 Å². The molecule has 0 saturated heterocycles. The van der Waals surface area contributed by atoms with Crippen LogP contribution in [0.1, 0.15) is 29.2 Å². The van der Waals surface area contributed by atoms with Crippen molar-refractivity contribution in [1.82, 2.24) is 5.32 Å². The molecule has 0 aliphatic rings. The summed E-state index contributed by atoms with van der Waals surface area (Å²) in [6.07, 6.45) is 2.87. The normalized spacial score (nSPS) is 12.6. The maximum Gasteiger partial charge on any atom is 0.124 e. The standard InChI is InChI=1S/C17H21ClFNS/c1-3-15-7-8-16(21-15)11-14(20-4-2)9-12-5-6-13(19)10-17(12)18/h5-8,10,14,20H,3-4,9,11H2,1-2H3. The average molecular weight is 326 g/mol. The van der Waals surface area contributed by atoms with Crippen LogP contribution in [0.2, 0.25) is 5.02 Å². The molecule has 0 amide bonds. The smallest absolute Gasteiger partial charge is 0.124 e. The topological polar surface area (TPSA) is 12.0 Å². The molecule has 1 nitrogen and oxygen atoms in total. The van der Waals surface area contributed by atoms with Crippen molar-refractivity contribution >= 4 is 22.9 Å². The minimum absolute atomic E-state index is 0.283. The van der Waals surface area contributed by atoms with E-state index in [0.29, 0.717) is 11.1 Å². The Labute approximate surface area is 135 Å². The number of aryl methyl sites for hydroxylation is 1. The summed E-state index contributed by atoms with van der Waals surface area (Å²) in [7, 11) is 0. The van der Waals surface area contributed by atoms with Gasteiger partial charge in [-0.05, 0) is 55.6 Å². The molecule has 1 N–H and O–H groups in total. The Balaban J connectivity index is 2.07. The maximum atomic E-state index is 13.1. The van der Waals surface area contributed by atoms with Crippen LogP contribution >= 0.6 is 22.9 Å². The minimum Gasteiger partial charge on any atom is -0.314 e. The monoisotopic (exact) mass is 325 g/mol. The first-order valence-electron chi connectivity index (χ1n) is 7.37. The molecule has 0 radical (unpaired) electrons. The first-order chi connectivity index (χ1) is 10.1. The third-order valence-corrected chi connectivity index (χ3v) is 5.09. The summed E-state index contributed by atoms with van der Waals surface area (Å²) in [4.78, 5) is 2.80. The van der Waals surface area contributed by atoms with Gasteiger partial charge in [0.2, 0.25) is 0 Å². The van der Waals surface area contributed by atoms with Gasteiger partial charge in [-0.15, -0.1) is 11.3 Å². The van der Waals surface area contributed by atoms with Gasteiger partial charge in [0.05, 0.1) is 0 Å². The Morgan fingerprint density at radius 1 is 1.14 bits per heavy atom. The van der Waals surface area contributed by atoms with E-state index in [1.807, 2.05) is 11.3 Å². The Bertz CT molecular complexity index is 582. The number of hydrogen-bond donors (Lipinski definition) is 1. The van der Waals surface area contributed by atoms with Crippen molar-refractivity contribution in [1.29, 1.82) is 0 Å². The van der Waals surface area contributed by atoms with Crippen LogP contribution < -0.4 is 5.32 Å². The summed E-state index contributed by atoms with van der Waals surface area (Å²) in [5.41, 5.74) is 0.997. The van der Waals surface area contributed by atoms with Gasteiger partial charge in [-0.2, -0.15) is 0 Å². The van der Waals surface area contributed by atoms with E-state index in [-0.39, 0.29) is 5.82 Å². The lowest BCUT2D eigenvalue weighted by Crippen LogP contribution is -2.32. The maximum absolute atomic E-state index is 13.1. The Hall–Kier alpha value is -0.900. The van der Waals surface area contributed by atoms with E-state index in [1.165, 1.54) is 21.9 Å². The Morgan fingerprint density at radius 2 is 1.90 bits per heavy atom. The molecule has 0 bridgehead atoms. The van der Waals surface area contributed by atoms with Crippen LogP contribution in [0.15, 0.2) is 30.3 Å². The van der Waals surface area contributed by atoms with Crippen molar-refractivity contribution < 1.29 is 4.39 Å². The van der Waals surface area contributed by atoms with Crippen LogP contribution in [0.4, 0.5) is 4.39 Å². The van der Waals surface area contributed by atoms with Crippen LogP contribution in [0.25, 0.3) is 0 Å². The zero-order chi connectivity index (χ0) is 15.2. The van der Waals surface area contributed by atoms with Crippen molar-refractivity contribution in [3.63, 3.8) is 0 Å². The number of halogens is 2. The number of thiophene rings is 1. The van der Waals surface area contributed by atoms with Crippen molar-refractivity contribution in [2.75, 3.05) is 6.54 Å². The molecule has 0 fully saturated rings. The van der Waals surface area contributed by atoms with Crippen LogP contribution in [-0.4, -0.2) is 12.6 Å². The number of likely N-dealkylation sites (N-methyl/N-ethyl adjacent to an activating group) is 1. The fourth-order valence-electron chi connectivity index (χ4n) is 2.42.